The monoisotopic (exact) mass is 417 g/mol. The van der Waals surface area contributed by atoms with Gasteiger partial charge in [-0.15, -0.1) is 0 Å². The first kappa shape index (κ1) is 19.3. The maximum absolute atomic E-state index is 6.75. The number of aromatic nitrogens is 1. The first-order valence-corrected chi connectivity index (χ1v) is 10.6. The van der Waals surface area contributed by atoms with Crippen molar-refractivity contribution in [1.29, 1.82) is 0 Å². The lowest BCUT2D eigenvalue weighted by Gasteiger charge is -2.11. The molecule has 148 valence electrons. The third kappa shape index (κ3) is 4.14. The van der Waals surface area contributed by atoms with Crippen molar-refractivity contribution < 1.29 is 0 Å². The molecule has 0 saturated carbocycles. The normalized spacial score (nSPS) is 10.7. The molecule has 5 aromatic rings. The van der Waals surface area contributed by atoms with Crippen molar-refractivity contribution in [2.24, 2.45) is 0 Å². The van der Waals surface area contributed by atoms with Crippen LogP contribution >= 0.6 is 11.6 Å². The molecule has 0 fully saturated rings. The van der Waals surface area contributed by atoms with E-state index in [0.29, 0.717) is 0 Å². The average Bonchev–Trinajstić information content (AvgIpc) is 2.85. The summed E-state index contributed by atoms with van der Waals surface area (Å²) in [6.45, 7) is 0. The Kier molecular flexibility index (Phi) is 5.35. The van der Waals surface area contributed by atoms with Crippen molar-refractivity contribution in [3.05, 3.63) is 126 Å². The maximum atomic E-state index is 6.75. The predicted molar refractivity (Wildman–Crippen MR) is 131 cm³/mol. The van der Waals surface area contributed by atoms with Gasteiger partial charge in [0.15, 0.2) is 0 Å². The second-order valence-corrected chi connectivity index (χ2v) is 7.84. The molecule has 2 heteroatoms. The van der Waals surface area contributed by atoms with Crippen LogP contribution in [0.2, 0.25) is 5.02 Å². The fraction of sp³-hybridized carbons (Fsp3) is 0. The number of pyridine rings is 1. The zero-order valence-electron chi connectivity index (χ0n) is 16.9. The van der Waals surface area contributed by atoms with Crippen molar-refractivity contribution >= 4 is 11.6 Å². The molecule has 1 aromatic heterocycles. The van der Waals surface area contributed by atoms with Gasteiger partial charge in [-0.25, -0.2) is 0 Å². The molecule has 0 bridgehead atoms. The van der Waals surface area contributed by atoms with Crippen molar-refractivity contribution in [2.75, 3.05) is 0 Å². The largest absolute Gasteiger partial charge is 0.256 e. The van der Waals surface area contributed by atoms with E-state index in [1.807, 2.05) is 36.5 Å². The van der Waals surface area contributed by atoms with E-state index in [0.717, 1.165) is 38.5 Å². The highest BCUT2D eigenvalue weighted by molar-refractivity contribution is 6.33. The Balaban J connectivity index is 1.49. The molecule has 0 radical (unpaired) electrons. The van der Waals surface area contributed by atoms with Crippen molar-refractivity contribution in [2.45, 2.75) is 0 Å². The van der Waals surface area contributed by atoms with Crippen LogP contribution in [0, 0.1) is 0 Å². The molecule has 0 saturated heterocycles. The summed E-state index contributed by atoms with van der Waals surface area (Å²) in [5, 5.41) is 0.737. The van der Waals surface area contributed by atoms with Gasteiger partial charge in [0.1, 0.15) is 0 Å². The molecular weight excluding hydrogens is 398 g/mol. The standard InChI is InChI=1S/C29H20ClN/c30-28-20-24(23-11-6-10-22(18-23)21-8-2-1-3-9-21)15-16-27(28)25-12-7-13-26(19-25)29-14-4-5-17-31-29/h1-20H. The highest BCUT2D eigenvalue weighted by Gasteiger charge is 2.09. The van der Waals surface area contributed by atoms with E-state index < -0.39 is 0 Å². The van der Waals surface area contributed by atoms with E-state index in [9.17, 15) is 0 Å². The molecule has 31 heavy (non-hydrogen) atoms. The molecule has 0 aliphatic heterocycles. The van der Waals surface area contributed by atoms with E-state index in [-0.39, 0.29) is 0 Å². The number of rotatable bonds is 4. The van der Waals surface area contributed by atoms with Gasteiger partial charge in [0.25, 0.3) is 0 Å². The van der Waals surface area contributed by atoms with E-state index in [2.05, 4.69) is 89.9 Å². The Morgan fingerprint density at radius 3 is 1.81 bits per heavy atom. The fourth-order valence-corrected chi connectivity index (χ4v) is 4.11. The molecule has 1 heterocycles. The van der Waals surface area contributed by atoms with Crippen LogP contribution < -0.4 is 0 Å². The predicted octanol–water partition coefficient (Wildman–Crippen LogP) is 8.40. The minimum absolute atomic E-state index is 0.737. The van der Waals surface area contributed by atoms with Crippen molar-refractivity contribution in [3.8, 4) is 44.6 Å². The average molecular weight is 418 g/mol. The summed E-state index contributed by atoms with van der Waals surface area (Å²) in [4.78, 5) is 4.46. The van der Waals surface area contributed by atoms with Crippen LogP contribution in [0.1, 0.15) is 0 Å². The zero-order valence-corrected chi connectivity index (χ0v) is 17.6. The topological polar surface area (TPSA) is 12.9 Å². The van der Waals surface area contributed by atoms with E-state index in [1.165, 1.54) is 11.1 Å². The highest BCUT2D eigenvalue weighted by Crippen LogP contribution is 2.35. The number of hydrogen-bond donors (Lipinski definition) is 0. The summed E-state index contributed by atoms with van der Waals surface area (Å²) in [5.74, 6) is 0. The summed E-state index contributed by atoms with van der Waals surface area (Å²) < 4.78 is 0. The van der Waals surface area contributed by atoms with E-state index >= 15 is 0 Å². The van der Waals surface area contributed by atoms with Crippen LogP contribution in [0.25, 0.3) is 44.6 Å². The second kappa shape index (κ2) is 8.59. The molecule has 0 unspecified atom stereocenters. The van der Waals surface area contributed by atoms with Crippen LogP contribution in [0.3, 0.4) is 0 Å². The number of hydrogen-bond acceptors (Lipinski definition) is 1. The van der Waals surface area contributed by atoms with Gasteiger partial charge in [-0.2, -0.15) is 0 Å². The first-order chi connectivity index (χ1) is 15.3. The number of halogens is 1. The van der Waals surface area contributed by atoms with E-state index in [4.69, 9.17) is 11.6 Å². The first-order valence-electron chi connectivity index (χ1n) is 10.3. The summed E-state index contributed by atoms with van der Waals surface area (Å²) in [5.41, 5.74) is 8.79. The lowest BCUT2D eigenvalue weighted by molar-refractivity contribution is 1.33. The quantitative estimate of drug-likeness (QED) is 0.286. The lowest BCUT2D eigenvalue weighted by Crippen LogP contribution is -1.86. The molecule has 0 amide bonds. The molecular formula is C29H20ClN. The second-order valence-electron chi connectivity index (χ2n) is 7.44. The van der Waals surface area contributed by atoms with Crippen molar-refractivity contribution in [3.63, 3.8) is 0 Å². The van der Waals surface area contributed by atoms with Crippen molar-refractivity contribution in [1.82, 2.24) is 4.98 Å². The van der Waals surface area contributed by atoms with Crippen LogP contribution in [0.5, 0.6) is 0 Å². The van der Waals surface area contributed by atoms with Crippen LogP contribution in [0.15, 0.2) is 121 Å². The van der Waals surface area contributed by atoms with Gasteiger partial charge in [0.2, 0.25) is 0 Å². The Hall–Kier alpha value is -3.68. The third-order valence-electron chi connectivity index (χ3n) is 5.41. The molecule has 5 rings (SSSR count). The minimum Gasteiger partial charge on any atom is -0.256 e. The van der Waals surface area contributed by atoms with Gasteiger partial charge < -0.3 is 0 Å². The van der Waals surface area contributed by atoms with Gasteiger partial charge in [0.05, 0.1) is 5.69 Å². The Morgan fingerprint density at radius 1 is 0.452 bits per heavy atom. The number of nitrogens with zero attached hydrogens (tertiary/aromatic N) is 1. The van der Waals surface area contributed by atoms with Crippen LogP contribution in [0.4, 0.5) is 0 Å². The smallest absolute Gasteiger partial charge is 0.0702 e. The van der Waals surface area contributed by atoms with Crippen LogP contribution in [-0.4, -0.2) is 4.98 Å². The Labute approximate surface area is 187 Å². The Morgan fingerprint density at radius 2 is 1.06 bits per heavy atom. The molecule has 0 aliphatic carbocycles. The van der Waals surface area contributed by atoms with Gasteiger partial charge in [-0.05, 0) is 58.1 Å². The number of benzene rings is 4. The van der Waals surface area contributed by atoms with E-state index in [1.54, 1.807) is 0 Å². The Bertz CT molecular complexity index is 1330. The zero-order chi connectivity index (χ0) is 21.0. The van der Waals surface area contributed by atoms with Gasteiger partial charge >= 0.3 is 0 Å². The maximum Gasteiger partial charge on any atom is 0.0702 e. The minimum atomic E-state index is 0.737. The summed E-state index contributed by atoms with van der Waals surface area (Å²) >= 11 is 6.75. The fourth-order valence-electron chi connectivity index (χ4n) is 3.82. The SMILES string of the molecule is Clc1cc(-c2cccc(-c3ccccc3)c2)ccc1-c1cccc(-c2ccccn2)c1. The molecule has 4 aromatic carbocycles. The van der Waals surface area contributed by atoms with Gasteiger partial charge in [-0.1, -0.05) is 96.5 Å². The molecule has 0 atom stereocenters. The molecule has 0 N–H and O–H groups in total. The molecule has 0 aliphatic rings. The van der Waals surface area contributed by atoms with Gasteiger partial charge in [0, 0.05) is 22.3 Å². The highest BCUT2D eigenvalue weighted by atomic mass is 35.5. The van der Waals surface area contributed by atoms with Gasteiger partial charge in [-0.3, -0.25) is 4.98 Å². The summed E-state index contributed by atoms with van der Waals surface area (Å²) in [6.07, 6.45) is 1.81. The third-order valence-corrected chi connectivity index (χ3v) is 5.72. The summed E-state index contributed by atoms with van der Waals surface area (Å²) in [7, 11) is 0. The summed E-state index contributed by atoms with van der Waals surface area (Å²) in [6, 6.07) is 39.6. The van der Waals surface area contributed by atoms with Crippen LogP contribution in [-0.2, 0) is 0 Å². The molecule has 0 spiro atoms. The lowest BCUT2D eigenvalue weighted by atomic mass is 9.96. The molecule has 1 nitrogen and oxygen atoms in total.